The molecular weight excluding hydrogens is 917 g/mol. The second-order valence-electron chi connectivity index (χ2n) is 21.1. The number of rotatable bonds is 31. The van der Waals surface area contributed by atoms with Crippen LogP contribution < -0.4 is 0 Å². The van der Waals surface area contributed by atoms with E-state index in [1.807, 2.05) is 114 Å². The number of hydrogen-bond acceptors (Lipinski definition) is 12. The number of likely N-dealkylation sites (N-methyl/N-ethyl adjacent to an activating group) is 2. The van der Waals surface area contributed by atoms with E-state index in [1.54, 1.807) is 26.2 Å². The Morgan fingerprint density at radius 1 is 0.778 bits per heavy atom. The zero-order valence-corrected chi connectivity index (χ0v) is 45.4. The van der Waals surface area contributed by atoms with Gasteiger partial charge in [-0.05, 0) is 73.6 Å². The van der Waals surface area contributed by atoms with Crippen molar-refractivity contribution in [3.63, 3.8) is 0 Å². The molecule has 2 saturated heterocycles. The smallest absolute Gasteiger partial charge is 0.333 e. The first-order valence-corrected chi connectivity index (χ1v) is 26.4. The van der Waals surface area contributed by atoms with E-state index in [2.05, 4.69) is 19.1 Å². The van der Waals surface area contributed by atoms with E-state index in [9.17, 15) is 33.6 Å². The monoisotopic (exact) mass is 1000 g/mol. The van der Waals surface area contributed by atoms with Crippen molar-refractivity contribution in [3.05, 3.63) is 71.8 Å². The second-order valence-corrected chi connectivity index (χ2v) is 21.1. The summed E-state index contributed by atoms with van der Waals surface area (Å²) >= 11 is 0. The fourth-order valence-electron chi connectivity index (χ4n) is 10.8. The third kappa shape index (κ3) is 16.3. The second kappa shape index (κ2) is 29.2. The van der Waals surface area contributed by atoms with Gasteiger partial charge in [0.15, 0.2) is 5.78 Å². The first kappa shape index (κ1) is 59.7. The van der Waals surface area contributed by atoms with Gasteiger partial charge in [-0.15, -0.1) is 5.06 Å². The number of likely N-dealkylation sites (tertiary alicyclic amines) is 1. The summed E-state index contributed by atoms with van der Waals surface area (Å²) in [6, 6.07) is 18.8. The van der Waals surface area contributed by atoms with Crippen molar-refractivity contribution in [2.24, 2.45) is 35.5 Å². The minimum atomic E-state index is -0.698. The number of benzene rings is 2. The maximum Gasteiger partial charge on any atom is 0.333 e. The van der Waals surface area contributed by atoms with Crippen molar-refractivity contribution in [2.75, 3.05) is 48.0 Å². The van der Waals surface area contributed by atoms with Gasteiger partial charge in [-0.25, -0.2) is 4.79 Å². The summed E-state index contributed by atoms with van der Waals surface area (Å²) in [7, 11) is 6.74. The molecule has 2 fully saturated rings. The highest BCUT2D eigenvalue weighted by Crippen LogP contribution is 2.34. The Morgan fingerprint density at radius 3 is 1.97 bits per heavy atom. The Morgan fingerprint density at radius 2 is 1.40 bits per heavy atom. The van der Waals surface area contributed by atoms with Crippen LogP contribution in [0.5, 0.6) is 0 Å². The van der Waals surface area contributed by atoms with Crippen LogP contribution in [-0.2, 0) is 59.2 Å². The molecule has 0 spiro atoms. The first-order valence-electron chi connectivity index (χ1n) is 26.4. The number of carbonyl (C=O) groups is 7. The predicted octanol–water partition coefficient (Wildman–Crippen LogP) is 8.08. The summed E-state index contributed by atoms with van der Waals surface area (Å²) in [4.78, 5) is 105. The molecule has 2 aliphatic rings. The molecule has 2 aliphatic heterocycles. The minimum Gasteiger partial charge on any atom is -0.379 e. The topological polar surface area (TPSA) is 169 Å². The Hall–Kier alpha value is -4.83. The molecule has 0 radical (unpaired) electrons. The van der Waals surface area contributed by atoms with E-state index < -0.39 is 53.9 Å². The summed E-state index contributed by atoms with van der Waals surface area (Å²) in [5.41, 5.74) is 2.21. The van der Waals surface area contributed by atoms with E-state index >= 15 is 0 Å². The maximum absolute atomic E-state index is 14.7. The summed E-state index contributed by atoms with van der Waals surface area (Å²) in [5.74, 6) is -3.70. The zero-order chi connectivity index (χ0) is 53.2. The SMILES string of the molecule is CC[C@H](C)[C@@H]([C@@H](CC(=O)N1CCC[C@H]1[C@H](OC)[C@@H](C)C(=O)C[C@H](COCc1ccccc1)[C@@H](C)c1ccccc1)OC)N(C)C(=O)[C@@H](CC(=O)[C@H](C(C)C)N(C)CCCC(=O)ON1C(=O)CCC1=O)C(C)C. The summed E-state index contributed by atoms with van der Waals surface area (Å²) in [6.45, 7) is 17.6. The van der Waals surface area contributed by atoms with Gasteiger partial charge in [-0.1, -0.05) is 122 Å². The summed E-state index contributed by atoms with van der Waals surface area (Å²) < 4.78 is 18.6. The van der Waals surface area contributed by atoms with Crippen LogP contribution in [0, 0.1) is 35.5 Å². The van der Waals surface area contributed by atoms with Crippen LogP contribution in [0.2, 0.25) is 0 Å². The van der Waals surface area contributed by atoms with Crippen molar-refractivity contribution < 1.29 is 52.6 Å². The molecule has 0 unspecified atom stereocenters. The van der Waals surface area contributed by atoms with Gasteiger partial charge >= 0.3 is 5.97 Å². The van der Waals surface area contributed by atoms with Crippen LogP contribution in [0.1, 0.15) is 137 Å². The van der Waals surface area contributed by atoms with E-state index in [4.69, 9.17) is 19.0 Å². The first-order chi connectivity index (χ1) is 34.2. The lowest BCUT2D eigenvalue weighted by Crippen LogP contribution is -2.54. The molecule has 2 aromatic carbocycles. The molecule has 4 amide bonds. The Bertz CT molecular complexity index is 2050. The molecule has 400 valence electrons. The quantitative estimate of drug-likeness (QED) is 0.0667. The molecular formula is C57H86N4O11. The van der Waals surface area contributed by atoms with Crippen LogP contribution in [0.15, 0.2) is 60.7 Å². The van der Waals surface area contributed by atoms with E-state index in [0.29, 0.717) is 57.0 Å². The number of methoxy groups -OCH3 is 2. The van der Waals surface area contributed by atoms with Gasteiger partial charge < -0.3 is 28.8 Å². The Balaban J connectivity index is 1.44. The molecule has 72 heavy (non-hydrogen) atoms. The van der Waals surface area contributed by atoms with Crippen molar-refractivity contribution in [1.82, 2.24) is 19.8 Å². The fourth-order valence-corrected chi connectivity index (χ4v) is 10.8. The number of carbonyl (C=O) groups excluding carboxylic acids is 7. The molecule has 0 aliphatic carbocycles. The lowest BCUT2D eigenvalue weighted by atomic mass is 9.81. The van der Waals surface area contributed by atoms with Crippen LogP contribution in [0.25, 0.3) is 0 Å². The highest BCUT2D eigenvalue weighted by atomic mass is 16.7. The van der Waals surface area contributed by atoms with Crippen molar-refractivity contribution in [1.29, 1.82) is 0 Å². The standard InChI is InChI=1S/C57H86N4O11/c1-13-39(6)55(59(10)57(68)45(37(2)3)33-48(63)54(38(4)5)58(9)30-21-27-53(67)72-61-50(64)28-29-51(61)65)49(69-11)34-52(66)60-31-20-26-46(60)56(70-12)41(8)47(62)32-44(40(7)43-24-18-15-19-25-43)36-71-35-42-22-16-14-17-23-42/h14-19,22-25,37-41,44-46,49,54-56H,13,20-21,26-36H2,1-12H3/t39-,40-,41-,44+,45-,46-,49+,54-,55-,56+/m0/s1. The van der Waals surface area contributed by atoms with Gasteiger partial charge in [0.2, 0.25) is 11.8 Å². The highest BCUT2D eigenvalue weighted by Gasteiger charge is 2.44. The number of hydrogen-bond donors (Lipinski definition) is 0. The number of ketones is 2. The number of hydroxylamine groups is 2. The fraction of sp³-hybridized carbons (Fsp3) is 0.667. The lowest BCUT2D eigenvalue weighted by Gasteiger charge is -2.41. The lowest BCUT2D eigenvalue weighted by molar-refractivity contribution is -0.197. The van der Waals surface area contributed by atoms with Crippen molar-refractivity contribution in [2.45, 2.75) is 162 Å². The zero-order valence-electron chi connectivity index (χ0n) is 45.4. The maximum atomic E-state index is 14.7. The predicted molar refractivity (Wildman–Crippen MR) is 276 cm³/mol. The minimum absolute atomic E-state index is 0.00352. The highest BCUT2D eigenvalue weighted by molar-refractivity contribution is 6.01. The van der Waals surface area contributed by atoms with Crippen LogP contribution in [0.4, 0.5) is 0 Å². The van der Waals surface area contributed by atoms with Gasteiger partial charge in [0.1, 0.15) is 5.78 Å². The van der Waals surface area contributed by atoms with Gasteiger partial charge in [-0.2, -0.15) is 0 Å². The molecule has 10 atom stereocenters. The van der Waals surface area contributed by atoms with Gasteiger partial charge in [0.05, 0.1) is 50.0 Å². The number of amides is 4. The summed E-state index contributed by atoms with van der Waals surface area (Å²) in [6.07, 6.45) is 1.55. The molecule has 0 N–H and O–H groups in total. The van der Waals surface area contributed by atoms with E-state index in [1.165, 1.54) is 0 Å². The average Bonchev–Trinajstić information content (AvgIpc) is 3.97. The third-order valence-corrected chi connectivity index (χ3v) is 15.4. The molecule has 2 aromatic rings. The third-order valence-electron chi connectivity index (χ3n) is 15.4. The normalized spacial score (nSPS) is 19.0. The summed E-state index contributed by atoms with van der Waals surface area (Å²) in [5, 5.41) is 0.535. The Labute approximate surface area is 429 Å². The van der Waals surface area contributed by atoms with Crippen LogP contribution in [-0.4, -0.2) is 139 Å². The molecule has 2 heterocycles. The van der Waals surface area contributed by atoms with Crippen LogP contribution >= 0.6 is 0 Å². The molecule has 15 nitrogen and oxygen atoms in total. The van der Waals surface area contributed by atoms with E-state index in [-0.39, 0.29) is 91.1 Å². The molecule has 0 bridgehead atoms. The molecule has 0 aromatic heterocycles. The Kier molecular flexibility index (Phi) is 24.2. The largest absolute Gasteiger partial charge is 0.379 e. The number of imide groups is 1. The van der Waals surface area contributed by atoms with E-state index in [0.717, 1.165) is 17.5 Å². The number of nitrogens with zero attached hydrogens (tertiary/aromatic N) is 4. The van der Waals surface area contributed by atoms with Gasteiger partial charge in [0.25, 0.3) is 11.8 Å². The molecule has 15 heteroatoms. The van der Waals surface area contributed by atoms with Gasteiger partial charge in [0, 0.05) is 71.8 Å². The molecule has 0 saturated carbocycles. The molecule has 4 rings (SSSR count). The number of Topliss-reactive ketones (excluding diaryl/α,β-unsaturated/α-hetero) is 2. The average molecular weight is 1000 g/mol. The van der Waals surface area contributed by atoms with Crippen molar-refractivity contribution in [3.8, 4) is 0 Å². The van der Waals surface area contributed by atoms with Gasteiger partial charge in [-0.3, -0.25) is 33.7 Å². The number of ether oxygens (including phenoxy) is 3. The van der Waals surface area contributed by atoms with Crippen LogP contribution in [0.3, 0.4) is 0 Å². The van der Waals surface area contributed by atoms with Crippen molar-refractivity contribution >= 4 is 41.2 Å².